The number of nitrogens with zero attached hydrogens (tertiary/aromatic N) is 2. The summed E-state index contributed by atoms with van der Waals surface area (Å²) in [5.74, 6) is 1.03. The number of aromatic nitrogens is 1. The number of nitrogens with one attached hydrogen (secondary N) is 2. The Morgan fingerprint density at radius 1 is 1.24 bits per heavy atom. The maximum atomic E-state index is 12.4. The van der Waals surface area contributed by atoms with Gasteiger partial charge in [-0.3, -0.25) is 9.78 Å². The molecule has 2 N–H and O–H groups in total. The lowest BCUT2D eigenvalue weighted by Gasteiger charge is -2.21. The minimum Gasteiger partial charge on any atom is -0.456 e. The second-order valence-electron chi connectivity index (χ2n) is 6.51. The summed E-state index contributed by atoms with van der Waals surface area (Å²) < 4.78 is 5.67. The lowest BCUT2D eigenvalue weighted by Crippen LogP contribution is -2.42. The van der Waals surface area contributed by atoms with E-state index in [-0.39, 0.29) is 11.9 Å². The first-order valence-corrected chi connectivity index (χ1v) is 8.41. The molecule has 0 radical (unpaired) electrons. The topological polar surface area (TPSA) is 87.0 Å². The van der Waals surface area contributed by atoms with Crippen molar-refractivity contribution in [2.45, 2.75) is 37.4 Å². The van der Waals surface area contributed by atoms with Crippen LogP contribution in [0.3, 0.4) is 0 Å². The molecule has 2 aromatic rings. The van der Waals surface area contributed by atoms with Crippen LogP contribution >= 0.6 is 0 Å². The molecule has 1 amide bonds. The molecule has 2 aliphatic rings. The highest BCUT2D eigenvalue weighted by molar-refractivity contribution is 5.94. The summed E-state index contributed by atoms with van der Waals surface area (Å²) in [6.07, 6.45) is 6.39. The van der Waals surface area contributed by atoms with Gasteiger partial charge in [0.1, 0.15) is 17.6 Å². The van der Waals surface area contributed by atoms with Crippen LogP contribution in [0.2, 0.25) is 0 Å². The number of carbonyl (C=O) groups is 1. The fraction of sp³-hybridized carbons (Fsp3) is 0.316. The van der Waals surface area contributed by atoms with E-state index in [2.05, 4.69) is 15.6 Å². The number of fused-ring (bicyclic) bond motifs is 2. The standard InChI is InChI=1S/C19H18N4O2/c20-9-12-7-16(11-21-10-12)25-15-4-1-13(2-5-15)19(24)23-18-8-14-3-6-17(18)22-14/h1-2,4-5,7,10-11,14,17-18,22H,3,6,8H2,(H,23,24). The summed E-state index contributed by atoms with van der Waals surface area (Å²) >= 11 is 0. The summed E-state index contributed by atoms with van der Waals surface area (Å²) in [7, 11) is 0. The predicted molar refractivity (Wildman–Crippen MR) is 91.3 cm³/mol. The first-order chi connectivity index (χ1) is 12.2. The van der Waals surface area contributed by atoms with E-state index in [1.807, 2.05) is 6.07 Å². The molecule has 1 aromatic carbocycles. The van der Waals surface area contributed by atoms with Crippen LogP contribution in [0.4, 0.5) is 0 Å². The molecule has 6 heteroatoms. The first-order valence-electron chi connectivity index (χ1n) is 8.41. The van der Waals surface area contributed by atoms with Gasteiger partial charge in [0, 0.05) is 36.0 Å². The van der Waals surface area contributed by atoms with Gasteiger partial charge in [-0.05, 0) is 43.5 Å². The summed E-state index contributed by atoms with van der Waals surface area (Å²) in [5.41, 5.74) is 1.05. The van der Waals surface area contributed by atoms with Crippen molar-refractivity contribution in [3.05, 3.63) is 53.9 Å². The first kappa shape index (κ1) is 15.6. The fourth-order valence-electron chi connectivity index (χ4n) is 3.58. The van der Waals surface area contributed by atoms with Gasteiger partial charge in [0.15, 0.2) is 0 Å². The lowest BCUT2D eigenvalue weighted by atomic mass is 9.95. The van der Waals surface area contributed by atoms with Crippen LogP contribution in [0.5, 0.6) is 11.5 Å². The molecule has 2 fully saturated rings. The Kier molecular flexibility index (Phi) is 4.08. The molecule has 3 atom stereocenters. The van der Waals surface area contributed by atoms with Gasteiger partial charge in [0.05, 0.1) is 11.8 Å². The average Bonchev–Trinajstić information content (AvgIpc) is 3.25. The van der Waals surface area contributed by atoms with Crippen molar-refractivity contribution < 1.29 is 9.53 Å². The summed E-state index contributed by atoms with van der Waals surface area (Å²) in [6.45, 7) is 0. The van der Waals surface area contributed by atoms with Gasteiger partial charge in [-0.2, -0.15) is 5.26 Å². The normalized spacial score (nSPS) is 23.9. The SMILES string of the molecule is N#Cc1cncc(Oc2ccc(C(=O)NC3CC4CCC3N4)cc2)c1. The molecular weight excluding hydrogens is 316 g/mol. The Bertz CT molecular complexity index is 828. The Morgan fingerprint density at radius 3 is 2.76 bits per heavy atom. The molecule has 0 saturated carbocycles. The van der Waals surface area contributed by atoms with Gasteiger partial charge in [0.25, 0.3) is 5.91 Å². The van der Waals surface area contributed by atoms with Crippen molar-refractivity contribution in [2.24, 2.45) is 0 Å². The third-order valence-corrected chi connectivity index (χ3v) is 4.81. The number of ether oxygens (including phenoxy) is 1. The van der Waals surface area contributed by atoms with Crippen LogP contribution in [0.15, 0.2) is 42.7 Å². The number of nitriles is 1. The highest BCUT2D eigenvalue weighted by atomic mass is 16.5. The number of pyridine rings is 1. The van der Waals surface area contributed by atoms with E-state index in [0.717, 1.165) is 12.8 Å². The van der Waals surface area contributed by atoms with E-state index in [1.165, 1.54) is 12.6 Å². The molecule has 25 heavy (non-hydrogen) atoms. The molecule has 4 rings (SSSR count). The van der Waals surface area contributed by atoms with Gasteiger partial charge in [-0.15, -0.1) is 0 Å². The van der Waals surface area contributed by atoms with Crippen LogP contribution in [-0.2, 0) is 0 Å². The van der Waals surface area contributed by atoms with E-state index in [0.29, 0.717) is 34.7 Å². The van der Waals surface area contributed by atoms with E-state index in [4.69, 9.17) is 10.00 Å². The number of hydrogen-bond donors (Lipinski definition) is 2. The molecular formula is C19H18N4O2. The summed E-state index contributed by atoms with van der Waals surface area (Å²) in [6, 6.07) is 11.8. The molecule has 6 nitrogen and oxygen atoms in total. The zero-order valence-corrected chi connectivity index (χ0v) is 13.6. The molecule has 3 unspecified atom stereocenters. The molecule has 3 heterocycles. The monoisotopic (exact) mass is 334 g/mol. The Morgan fingerprint density at radius 2 is 2.08 bits per heavy atom. The van der Waals surface area contributed by atoms with Crippen LogP contribution < -0.4 is 15.4 Å². The highest BCUT2D eigenvalue weighted by Crippen LogP contribution is 2.28. The number of hydrogen-bond acceptors (Lipinski definition) is 5. The predicted octanol–water partition coefficient (Wildman–Crippen LogP) is 2.37. The van der Waals surface area contributed by atoms with Gasteiger partial charge >= 0.3 is 0 Å². The molecule has 2 bridgehead atoms. The van der Waals surface area contributed by atoms with Gasteiger partial charge in [-0.1, -0.05) is 0 Å². The van der Waals surface area contributed by atoms with Crippen LogP contribution in [0.1, 0.15) is 35.2 Å². The zero-order chi connectivity index (χ0) is 17.2. The molecule has 1 aromatic heterocycles. The van der Waals surface area contributed by atoms with E-state index in [1.54, 1.807) is 36.5 Å². The lowest BCUT2D eigenvalue weighted by molar-refractivity contribution is 0.0931. The third-order valence-electron chi connectivity index (χ3n) is 4.81. The van der Waals surface area contributed by atoms with Crippen molar-refractivity contribution in [1.29, 1.82) is 5.26 Å². The smallest absolute Gasteiger partial charge is 0.251 e. The molecule has 0 aliphatic carbocycles. The Balaban J connectivity index is 1.39. The number of rotatable bonds is 4. The van der Waals surface area contributed by atoms with Crippen molar-refractivity contribution in [3.8, 4) is 17.6 Å². The number of benzene rings is 1. The second-order valence-corrected chi connectivity index (χ2v) is 6.51. The maximum Gasteiger partial charge on any atom is 0.251 e. The third kappa shape index (κ3) is 3.32. The minimum atomic E-state index is -0.0564. The quantitative estimate of drug-likeness (QED) is 0.896. The molecule has 2 saturated heterocycles. The maximum absolute atomic E-state index is 12.4. The van der Waals surface area contributed by atoms with Gasteiger partial charge in [0.2, 0.25) is 0 Å². The van der Waals surface area contributed by atoms with Crippen molar-refractivity contribution in [3.63, 3.8) is 0 Å². The van der Waals surface area contributed by atoms with Crippen molar-refractivity contribution >= 4 is 5.91 Å². The second kappa shape index (κ2) is 6.54. The van der Waals surface area contributed by atoms with Crippen LogP contribution in [0.25, 0.3) is 0 Å². The minimum absolute atomic E-state index is 0.0564. The van der Waals surface area contributed by atoms with Crippen molar-refractivity contribution in [2.75, 3.05) is 0 Å². The van der Waals surface area contributed by atoms with E-state index >= 15 is 0 Å². The highest BCUT2D eigenvalue weighted by Gasteiger charge is 2.39. The number of amides is 1. The van der Waals surface area contributed by atoms with Crippen LogP contribution in [0, 0.1) is 11.3 Å². The summed E-state index contributed by atoms with van der Waals surface area (Å²) in [4.78, 5) is 16.4. The van der Waals surface area contributed by atoms with E-state index in [9.17, 15) is 4.79 Å². The fourth-order valence-corrected chi connectivity index (χ4v) is 3.58. The summed E-state index contributed by atoms with van der Waals surface area (Å²) in [5, 5.41) is 15.5. The van der Waals surface area contributed by atoms with Crippen LogP contribution in [-0.4, -0.2) is 29.0 Å². The van der Waals surface area contributed by atoms with E-state index < -0.39 is 0 Å². The number of carbonyl (C=O) groups excluding carboxylic acids is 1. The Labute approximate surface area is 145 Å². The molecule has 126 valence electrons. The largest absolute Gasteiger partial charge is 0.456 e. The average molecular weight is 334 g/mol. The Hall–Kier alpha value is -2.91. The zero-order valence-electron chi connectivity index (χ0n) is 13.6. The van der Waals surface area contributed by atoms with Gasteiger partial charge < -0.3 is 15.4 Å². The van der Waals surface area contributed by atoms with Gasteiger partial charge in [-0.25, -0.2) is 0 Å². The molecule has 2 aliphatic heterocycles. The molecule has 0 spiro atoms. The van der Waals surface area contributed by atoms with Crippen molar-refractivity contribution in [1.82, 2.24) is 15.6 Å².